The van der Waals surface area contributed by atoms with E-state index in [0.717, 1.165) is 31.7 Å². The second kappa shape index (κ2) is 11.7. The van der Waals surface area contributed by atoms with Crippen molar-refractivity contribution < 1.29 is 4.74 Å². The van der Waals surface area contributed by atoms with E-state index in [0.29, 0.717) is 0 Å². The van der Waals surface area contributed by atoms with Gasteiger partial charge in [0.2, 0.25) is 0 Å². The van der Waals surface area contributed by atoms with Crippen LogP contribution in [0.15, 0.2) is 0 Å². The molecule has 0 saturated heterocycles. The molecular weight excluding hydrogens is 234 g/mol. The van der Waals surface area contributed by atoms with Crippen molar-refractivity contribution >= 4 is 0 Å². The van der Waals surface area contributed by atoms with Crippen molar-refractivity contribution in [2.75, 3.05) is 19.8 Å². The molecule has 0 radical (unpaired) electrons. The zero-order valence-electron chi connectivity index (χ0n) is 13.3. The topological polar surface area (TPSA) is 21.3 Å². The Labute approximate surface area is 120 Å². The summed E-state index contributed by atoms with van der Waals surface area (Å²) in [5.74, 6) is 1.01. The summed E-state index contributed by atoms with van der Waals surface area (Å²) in [6.45, 7) is 7.54. The first-order chi connectivity index (χ1) is 9.36. The van der Waals surface area contributed by atoms with Crippen LogP contribution in [0.4, 0.5) is 0 Å². The molecule has 0 aromatic rings. The van der Waals surface area contributed by atoms with Crippen molar-refractivity contribution in [2.45, 2.75) is 84.1 Å². The van der Waals surface area contributed by atoms with E-state index in [1.54, 1.807) is 0 Å². The van der Waals surface area contributed by atoms with Crippen LogP contribution in [0, 0.1) is 5.92 Å². The lowest BCUT2D eigenvalue weighted by molar-refractivity contribution is 0.128. The third kappa shape index (κ3) is 8.65. The minimum absolute atomic E-state index is 0.775. The molecule has 1 saturated carbocycles. The van der Waals surface area contributed by atoms with Crippen molar-refractivity contribution in [3.8, 4) is 0 Å². The SMILES string of the molecule is CCCCOCCCNC1CCCC(CCC)CC1. The molecule has 1 N–H and O–H groups in total. The van der Waals surface area contributed by atoms with Crippen LogP contribution in [0.25, 0.3) is 0 Å². The van der Waals surface area contributed by atoms with Crippen LogP contribution in [0.5, 0.6) is 0 Å². The molecule has 1 fully saturated rings. The molecule has 1 rings (SSSR count). The fraction of sp³-hybridized carbons (Fsp3) is 1.00. The maximum absolute atomic E-state index is 5.60. The molecule has 1 aliphatic rings. The number of ether oxygens (including phenoxy) is 1. The molecule has 0 amide bonds. The van der Waals surface area contributed by atoms with Crippen LogP contribution in [0.1, 0.15) is 78.1 Å². The van der Waals surface area contributed by atoms with Gasteiger partial charge in [0.1, 0.15) is 0 Å². The fourth-order valence-electron chi connectivity index (χ4n) is 3.11. The highest BCUT2D eigenvalue weighted by Gasteiger charge is 2.17. The molecule has 2 atom stereocenters. The van der Waals surface area contributed by atoms with Crippen LogP contribution in [-0.2, 0) is 4.74 Å². The van der Waals surface area contributed by atoms with E-state index in [-0.39, 0.29) is 0 Å². The molecule has 0 heterocycles. The third-order valence-electron chi connectivity index (χ3n) is 4.33. The summed E-state index contributed by atoms with van der Waals surface area (Å²) in [4.78, 5) is 0. The van der Waals surface area contributed by atoms with Crippen LogP contribution in [0.2, 0.25) is 0 Å². The zero-order chi connectivity index (χ0) is 13.8. The monoisotopic (exact) mass is 269 g/mol. The molecule has 0 aromatic heterocycles. The second-order valence-corrected chi connectivity index (χ2v) is 6.13. The fourth-order valence-corrected chi connectivity index (χ4v) is 3.11. The van der Waals surface area contributed by atoms with E-state index < -0.39 is 0 Å². The van der Waals surface area contributed by atoms with E-state index >= 15 is 0 Å². The zero-order valence-corrected chi connectivity index (χ0v) is 13.3. The first-order valence-corrected chi connectivity index (χ1v) is 8.68. The van der Waals surface area contributed by atoms with Gasteiger partial charge in [-0.25, -0.2) is 0 Å². The molecule has 0 aromatic carbocycles. The molecule has 2 heteroatoms. The molecule has 114 valence electrons. The van der Waals surface area contributed by atoms with Gasteiger partial charge in [-0.05, 0) is 44.6 Å². The summed E-state index contributed by atoms with van der Waals surface area (Å²) < 4.78 is 5.60. The number of hydrogen-bond acceptors (Lipinski definition) is 2. The largest absolute Gasteiger partial charge is 0.381 e. The van der Waals surface area contributed by atoms with Crippen molar-refractivity contribution in [3.05, 3.63) is 0 Å². The Bertz CT molecular complexity index is 196. The maximum Gasteiger partial charge on any atom is 0.0478 e. The minimum atomic E-state index is 0.775. The van der Waals surface area contributed by atoms with Gasteiger partial charge in [-0.1, -0.05) is 46.0 Å². The number of unbranched alkanes of at least 4 members (excludes halogenated alkanes) is 1. The summed E-state index contributed by atoms with van der Waals surface area (Å²) in [5.41, 5.74) is 0. The third-order valence-corrected chi connectivity index (χ3v) is 4.33. The van der Waals surface area contributed by atoms with Crippen molar-refractivity contribution in [1.29, 1.82) is 0 Å². The van der Waals surface area contributed by atoms with Gasteiger partial charge in [0.25, 0.3) is 0 Å². The number of rotatable bonds is 10. The van der Waals surface area contributed by atoms with E-state index in [9.17, 15) is 0 Å². The van der Waals surface area contributed by atoms with Gasteiger partial charge < -0.3 is 10.1 Å². The summed E-state index contributed by atoms with van der Waals surface area (Å²) in [5, 5.41) is 3.74. The Hall–Kier alpha value is -0.0800. The van der Waals surface area contributed by atoms with Crippen LogP contribution >= 0.6 is 0 Å². The Morgan fingerprint density at radius 1 is 0.947 bits per heavy atom. The Balaban J connectivity index is 1.97. The van der Waals surface area contributed by atoms with Crippen LogP contribution in [0.3, 0.4) is 0 Å². The highest BCUT2D eigenvalue weighted by molar-refractivity contribution is 4.74. The van der Waals surface area contributed by atoms with Crippen LogP contribution in [-0.4, -0.2) is 25.8 Å². The summed E-state index contributed by atoms with van der Waals surface area (Å²) in [6.07, 6.45) is 13.5. The highest BCUT2D eigenvalue weighted by Crippen LogP contribution is 2.26. The second-order valence-electron chi connectivity index (χ2n) is 6.13. The minimum Gasteiger partial charge on any atom is -0.381 e. The molecular formula is C17H35NO. The average Bonchev–Trinajstić information content (AvgIpc) is 2.64. The normalized spacial score (nSPS) is 24.3. The predicted molar refractivity (Wildman–Crippen MR) is 83.6 cm³/mol. The summed E-state index contributed by atoms with van der Waals surface area (Å²) in [6, 6.07) is 0.775. The van der Waals surface area contributed by atoms with Gasteiger partial charge in [-0.15, -0.1) is 0 Å². The lowest BCUT2D eigenvalue weighted by Gasteiger charge is -2.16. The number of hydrogen-bond donors (Lipinski definition) is 1. The Morgan fingerprint density at radius 2 is 1.79 bits per heavy atom. The standard InChI is InChI=1S/C17H35NO/c1-3-5-14-19-15-7-13-18-17-10-6-9-16(8-4-2)11-12-17/h16-18H,3-15H2,1-2H3. The van der Waals surface area contributed by atoms with Crippen molar-refractivity contribution in [1.82, 2.24) is 5.32 Å². The molecule has 0 bridgehead atoms. The number of nitrogens with one attached hydrogen (secondary N) is 1. The smallest absolute Gasteiger partial charge is 0.0478 e. The Morgan fingerprint density at radius 3 is 2.58 bits per heavy atom. The predicted octanol–water partition coefficient (Wildman–Crippen LogP) is 4.53. The molecule has 2 unspecified atom stereocenters. The first-order valence-electron chi connectivity index (χ1n) is 8.68. The molecule has 0 aliphatic heterocycles. The van der Waals surface area contributed by atoms with Gasteiger partial charge >= 0.3 is 0 Å². The van der Waals surface area contributed by atoms with Gasteiger partial charge in [0.05, 0.1) is 0 Å². The van der Waals surface area contributed by atoms with Crippen molar-refractivity contribution in [2.24, 2.45) is 5.92 Å². The van der Waals surface area contributed by atoms with Crippen LogP contribution < -0.4 is 5.32 Å². The average molecular weight is 269 g/mol. The quantitative estimate of drug-likeness (QED) is 0.464. The molecule has 2 nitrogen and oxygen atoms in total. The summed E-state index contributed by atoms with van der Waals surface area (Å²) >= 11 is 0. The molecule has 1 aliphatic carbocycles. The lowest BCUT2D eigenvalue weighted by Crippen LogP contribution is -2.30. The first kappa shape index (κ1) is 17.0. The van der Waals surface area contributed by atoms with E-state index in [4.69, 9.17) is 4.74 Å². The maximum atomic E-state index is 5.60. The molecule has 19 heavy (non-hydrogen) atoms. The van der Waals surface area contributed by atoms with E-state index in [1.165, 1.54) is 64.2 Å². The van der Waals surface area contributed by atoms with Crippen molar-refractivity contribution in [3.63, 3.8) is 0 Å². The van der Waals surface area contributed by atoms with Gasteiger partial charge in [-0.2, -0.15) is 0 Å². The molecule has 0 spiro atoms. The Kier molecular flexibility index (Phi) is 10.5. The summed E-state index contributed by atoms with van der Waals surface area (Å²) in [7, 11) is 0. The van der Waals surface area contributed by atoms with E-state index in [2.05, 4.69) is 19.2 Å². The lowest BCUT2D eigenvalue weighted by atomic mass is 9.95. The van der Waals surface area contributed by atoms with Gasteiger partial charge in [0.15, 0.2) is 0 Å². The highest BCUT2D eigenvalue weighted by atomic mass is 16.5. The van der Waals surface area contributed by atoms with Gasteiger partial charge in [0, 0.05) is 19.3 Å². The van der Waals surface area contributed by atoms with Gasteiger partial charge in [-0.3, -0.25) is 0 Å². The van der Waals surface area contributed by atoms with E-state index in [1.807, 2.05) is 0 Å².